The molecule has 0 radical (unpaired) electrons. The minimum Gasteiger partial charge on any atom is -0.495 e. The first-order valence-corrected chi connectivity index (χ1v) is 11.7. The third-order valence-electron chi connectivity index (χ3n) is 5.23. The van der Waals surface area contributed by atoms with Crippen molar-refractivity contribution in [2.45, 2.75) is 24.5 Å². The van der Waals surface area contributed by atoms with Crippen molar-refractivity contribution in [3.05, 3.63) is 94.8 Å². The van der Waals surface area contributed by atoms with Crippen molar-refractivity contribution in [3.8, 4) is 5.75 Å². The van der Waals surface area contributed by atoms with E-state index in [4.69, 9.17) is 9.72 Å². The van der Waals surface area contributed by atoms with Crippen LogP contribution in [0, 0.1) is 0 Å². The minimum atomic E-state index is -0.192. The first-order valence-electron chi connectivity index (χ1n) is 10.7. The zero-order valence-electron chi connectivity index (χ0n) is 18.4. The molecule has 0 saturated carbocycles. The molecule has 1 N–H and O–H groups in total. The predicted molar refractivity (Wildman–Crippen MR) is 133 cm³/mol. The van der Waals surface area contributed by atoms with Gasteiger partial charge in [0.15, 0.2) is 5.16 Å². The van der Waals surface area contributed by atoms with E-state index in [9.17, 15) is 9.59 Å². The molecule has 0 aliphatic heterocycles. The lowest BCUT2D eigenvalue weighted by Crippen LogP contribution is -2.24. The molecule has 168 valence electrons. The molecule has 7 heteroatoms. The van der Waals surface area contributed by atoms with E-state index < -0.39 is 0 Å². The van der Waals surface area contributed by atoms with Crippen LogP contribution < -0.4 is 15.6 Å². The summed E-state index contributed by atoms with van der Waals surface area (Å²) in [5.74, 6) is 0.530. The molecule has 6 nitrogen and oxygen atoms in total. The second kappa shape index (κ2) is 10.8. The van der Waals surface area contributed by atoms with Gasteiger partial charge in [-0.25, -0.2) is 4.98 Å². The number of rotatable bonds is 9. The van der Waals surface area contributed by atoms with Gasteiger partial charge in [-0.2, -0.15) is 0 Å². The maximum atomic E-state index is 13.2. The van der Waals surface area contributed by atoms with Gasteiger partial charge in [-0.3, -0.25) is 14.2 Å². The number of carbonyl (C=O) groups is 1. The highest BCUT2D eigenvalue weighted by Crippen LogP contribution is 2.24. The Kier molecular flexibility index (Phi) is 7.42. The van der Waals surface area contributed by atoms with Gasteiger partial charge in [0.2, 0.25) is 5.91 Å². The molecule has 3 aromatic carbocycles. The number of ether oxygens (including phenoxy) is 1. The first-order chi connectivity index (χ1) is 16.2. The molecule has 0 aliphatic carbocycles. The summed E-state index contributed by atoms with van der Waals surface area (Å²) in [6.45, 7) is 0.530. The normalized spacial score (nSPS) is 10.8. The molecule has 0 bridgehead atoms. The van der Waals surface area contributed by atoms with Crippen LogP contribution in [0.2, 0.25) is 0 Å². The van der Waals surface area contributed by atoms with Gasteiger partial charge in [0, 0.05) is 6.54 Å². The molecule has 0 saturated heterocycles. The summed E-state index contributed by atoms with van der Waals surface area (Å²) in [7, 11) is 1.56. The van der Waals surface area contributed by atoms with Crippen LogP contribution in [0.15, 0.2) is 88.8 Å². The largest absolute Gasteiger partial charge is 0.495 e. The standard InChI is InChI=1S/C26H25N3O3S/c1-32-23-16-8-7-15-22(23)27-24(30)18-33-26-28-21-14-6-5-13-20(21)25(31)29(26)17-9-12-19-10-3-2-4-11-19/h2-8,10-11,13-16H,9,12,17-18H2,1H3,(H,27,30). The highest BCUT2D eigenvalue weighted by molar-refractivity contribution is 7.99. The van der Waals surface area contributed by atoms with Crippen LogP contribution >= 0.6 is 11.8 Å². The molecule has 1 amide bonds. The fourth-order valence-corrected chi connectivity index (χ4v) is 4.43. The van der Waals surface area contributed by atoms with E-state index in [2.05, 4.69) is 17.4 Å². The second-order valence-corrected chi connectivity index (χ2v) is 8.44. The van der Waals surface area contributed by atoms with Crippen molar-refractivity contribution in [1.29, 1.82) is 0 Å². The predicted octanol–water partition coefficient (Wildman–Crippen LogP) is 4.77. The number of nitrogens with zero attached hydrogens (tertiary/aromatic N) is 2. The second-order valence-electron chi connectivity index (χ2n) is 7.49. The Morgan fingerprint density at radius 3 is 2.55 bits per heavy atom. The van der Waals surface area contributed by atoms with Crippen LogP contribution in [0.1, 0.15) is 12.0 Å². The molecule has 0 atom stereocenters. The zero-order chi connectivity index (χ0) is 23.0. The average molecular weight is 460 g/mol. The Morgan fingerprint density at radius 1 is 1.00 bits per heavy atom. The van der Waals surface area contributed by atoms with Gasteiger partial charge in [-0.05, 0) is 42.7 Å². The van der Waals surface area contributed by atoms with E-state index in [-0.39, 0.29) is 17.2 Å². The number of aryl methyl sites for hydroxylation is 1. The molecule has 4 aromatic rings. The Morgan fingerprint density at radius 2 is 1.73 bits per heavy atom. The highest BCUT2D eigenvalue weighted by Gasteiger charge is 2.14. The number of anilines is 1. The van der Waals surface area contributed by atoms with E-state index in [1.165, 1.54) is 17.3 Å². The van der Waals surface area contributed by atoms with Gasteiger partial charge in [0.1, 0.15) is 5.75 Å². The van der Waals surface area contributed by atoms with Crippen molar-refractivity contribution in [3.63, 3.8) is 0 Å². The lowest BCUT2D eigenvalue weighted by Gasteiger charge is -2.14. The number of para-hydroxylation sites is 3. The van der Waals surface area contributed by atoms with Crippen molar-refractivity contribution in [2.75, 3.05) is 18.2 Å². The van der Waals surface area contributed by atoms with Crippen LogP contribution in [0.5, 0.6) is 5.75 Å². The van der Waals surface area contributed by atoms with Crippen LogP contribution in [-0.4, -0.2) is 28.3 Å². The van der Waals surface area contributed by atoms with E-state index in [1.807, 2.05) is 48.5 Å². The first kappa shape index (κ1) is 22.6. The number of amides is 1. The number of fused-ring (bicyclic) bond motifs is 1. The Bertz CT molecular complexity index is 1310. The Balaban J connectivity index is 1.52. The Hall–Kier alpha value is -3.58. The molecule has 0 spiro atoms. The van der Waals surface area contributed by atoms with Crippen molar-refractivity contribution < 1.29 is 9.53 Å². The fraction of sp³-hybridized carbons (Fsp3) is 0.192. The summed E-state index contributed by atoms with van der Waals surface area (Å²) >= 11 is 1.26. The molecule has 1 heterocycles. The smallest absolute Gasteiger partial charge is 0.262 e. The van der Waals surface area contributed by atoms with Crippen LogP contribution in [-0.2, 0) is 17.8 Å². The van der Waals surface area contributed by atoms with Crippen molar-refractivity contribution in [1.82, 2.24) is 9.55 Å². The lowest BCUT2D eigenvalue weighted by atomic mass is 10.1. The zero-order valence-corrected chi connectivity index (χ0v) is 19.2. The van der Waals surface area contributed by atoms with E-state index in [0.29, 0.717) is 34.0 Å². The van der Waals surface area contributed by atoms with Crippen LogP contribution in [0.25, 0.3) is 10.9 Å². The van der Waals surface area contributed by atoms with Gasteiger partial charge in [0.25, 0.3) is 5.56 Å². The summed E-state index contributed by atoms with van der Waals surface area (Å²) in [4.78, 5) is 30.5. The van der Waals surface area contributed by atoms with Gasteiger partial charge in [-0.15, -0.1) is 0 Å². The number of nitrogens with one attached hydrogen (secondary N) is 1. The average Bonchev–Trinajstić information content (AvgIpc) is 2.85. The summed E-state index contributed by atoms with van der Waals surface area (Å²) in [5, 5.41) is 3.99. The maximum absolute atomic E-state index is 13.2. The number of hydrogen-bond acceptors (Lipinski definition) is 5. The molecule has 1 aromatic heterocycles. The highest BCUT2D eigenvalue weighted by atomic mass is 32.2. The summed E-state index contributed by atoms with van der Waals surface area (Å²) in [6, 6.07) is 24.8. The topological polar surface area (TPSA) is 73.2 Å². The Labute approximate surface area is 196 Å². The number of hydrogen-bond donors (Lipinski definition) is 1. The number of benzene rings is 3. The molecule has 0 aliphatic rings. The SMILES string of the molecule is COc1ccccc1NC(=O)CSc1nc2ccccc2c(=O)n1CCCc1ccccc1. The quantitative estimate of drug-likeness (QED) is 0.288. The maximum Gasteiger partial charge on any atom is 0.262 e. The molecule has 0 unspecified atom stereocenters. The van der Waals surface area contributed by atoms with E-state index in [1.54, 1.807) is 29.9 Å². The molecular formula is C26H25N3O3S. The van der Waals surface area contributed by atoms with Gasteiger partial charge >= 0.3 is 0 Å². The fourth-order valence-electron chi connectivity index (χ4n) is 3.61. The minimum absolute atomic E-state index is 0.0821. The third kappa shape index (κ3) is 5.62. The lowest BCUT2D eigenvalue weighted by molar-refractivity contribution is -0.113. The van der Waals surface area contributed by atoms with Gasteiger partial charge in [-0.1, -0.05) is 66.4 Å². The monoisotopic (exact) mass is 459 g/mol. The molecule has 0 fully saturated rings. The van der Waals surface area contributed by atoms with Crippen LogP contribution in [0.3, 0.4) is 0 Å². The number of methoxy groups -OCH3 is 1. The summed E-state index contributed by atoms with van der Waals surface area (Å²) in [6.07, 6.45) is 1.66. The third-order valence-corrected chi connectivity index (χ3v) is 6.21. The van der Waals surface area contributed by atoms with Crippen LogP contribution in [0.4, 0.5) is 5.69 Å². The molecule has 4 rings (SSSR count). The number of thioether (sulfide) groups is 1. The van der Waals surface area contributed by atoms with Gasteiger partial charge in [0.05, 0.1) is 29.5 Å². The number of aromatic nitrogens is 2. The van der Waals surface area contributed by atoms with E-state index >= 15 is 0 Å². The number of carbonyl (C=O) groups excluding carboxylic acids is 1. The summed E-state index contributed by atoms with van der Waals surface area (Å²) in [5.41, 5.74) is 2.39. The van der Waals surface area contributed by atoms with Crippen molar-refractivity contribution >= 4 is 34.3 Å². The summed E-state index contributed by atoms with van der Waals surface area (Å²) < 4.78 is 6.98. The van der Waals surface area contributed by atoms with E-state index in [0.717, 1.165) is 12.8 Å². The molecule has 33 heavy (non-hydrogen) atoms. The molecular weight excluding hydrogens is 434 g/mol. The van der Waals surface area contributed by atoms with Crippen molar-refractivity contribution in [2.24, 2.45) is 0 Å². The van der Waals surface area contributed by atoms with Gasteiger partial charge < -0.3 is 10.1 Å².